The molecule has 1 saturated heterocycles. The molecule has 0 spiro atoms. The summed E-state index contributed by atoms with van der Waals surface area (Å²) in [6.45, 7) is 0.670. The Labute approximate surface area is 98.8 Å². The molecule has 1 heterocycles. The lowest BCUT2D eigenvalue weighted by Gasteiger charge is -2.26. The van der Waals surface area contributed by atoms with Gasteiger partial charge in [0.05, 0.1) is 18.8 Å². The summed E-state index contributed by atoms with van der Waals surface area (Å²) in [5.41, 5.74) is 0.550. The molecule has 0 radical (unpaired) electrons. The number of aliphatic hydroxyl groups excluding tert-OH is 1. The fourth-order valence-electron chi connectivity index (χ4n) is 1.75. The van der Waals surface area contributed by atoms with Gasteiger partial charge in [-0.25, -0.2) is 4.39 Å². The first-order chi connectivity index (χ1) is 7.77. The Bertz CT molecular complexity index is 340. The minimum atomic E-state index is -0.621. The van der Waals surface area contributed by atoms with Crippen molar-refractivity contribution in [2.45, 2.75) is 18.6 Å². The molecular weight excluding hydrogens is 227 g/mol. The maximum Gasteiger partial charge on any atom is 0.126 e. The summed E-state index contributed by atoms with van der Waals surface area (Å²) in [4.78, 5) is 0. The number of hydrogen-bond donors (Lipinski definition) is 1. The van der Waals surface area contributed by atoms with Crippen LogP contribution in [0, 0.1) is 5.82 Å². The number of halogens is 1. The zero-order valence-corrected chi connectivity index (χ0v) is 9.75. The summed E-state index contributed by atoms with van der Waals surface area (Å²) in [5.74, 6) is 1.50. The van der Waals surface area contributed by atoms with E-state index in [9.17, 15) is 9.50 Å². The average Bonchev–Trinajstić information content (AvgIpc) is 2.33. The van der Waals surface area contributed by atoms with E-state index < -0.39 is 6.10 Å². The first-order valence-corrected chi connectivity index (χ1v) is 6.53. The van der Waals surface area contributed by atoms with Gasteiger partial charge in [-0.1, -0.05) is 18.2 Å². The van der Waals surface area contributed by atoms with Crippen molar-refractivity contribution in [3.8, 4) is 0 Å². The normalized spacial score (nSPS) is 23.0. The number of aliphatic hydroxyl groups is 1. The van der Waals surface area contributed by atoms with Crippen molar-refractivity contribution >= 4 is 11.8 Å². The maximum atomic E-state index is 13.4. The molecule has 0 aliphatic carbocycles. The highest BCUT2D eigenvalue weighted by atomic mass is 32.2. The lowest BCUT2D eigenvalue weighted by Crippen LogP contribution is -2.36. The number of ether oxygens (including phenoxy) is 1. The van der Waals surface area contributed by atoms with Crippen LogP contribution in [0.5, 0.6) is 0 Å². The summed E-state index contributed by atoms with van der Waals surface area (Å²) in [6.07, 6.45) is -0.471. The first kappa shape index (κ1) is 11.9. The Kier molecular flexibility index (Phi) is 4.21. The third kappa shape index (κ3) is 2.97. The van der Waals surface area contributed by atoms with Crippen molar-refractivity contribution in [3.63, 3.8) is 0 Å². The van der Waals surface area contributed by atoms with Gasteiger partial charge >= 0.3 is 0 Å². The van der Waals surface area contributed by atoms with Crippen molar-refractivity contribution in [3.05, 3.63) is 35.6 Å². The van der Waals surface area contributed by atoms with E-state index in [4.69, 9.17) is 4.74 Å². The van der Waals surface area contributed by atoms with E-state index in [1.165, 1.54) is 6.07 Å². The number of hydrogen-bond acceptors (Lipinski definition) is 3. The van der Waals surface area contributed by atoms with Crippen LogP contribution in [-0.4, -0.2) is 35.4 Å². The van der Waals surface area contributed by atoms with Gasteiger partial charge in [0, 0.05) is 17.9 Å². The number of rotatable bonds is 3. The van der Waals surface area contributed by atoms with E-state index >= 15 is 0 Å². The monoisotopic (exact) mass is 242 g/mol. The smallest absolute Gasteiger partial charge is 0.126 e. The van der Waals surface area contributed by atoms with Crippen LogP contribution < -0.4 is 0 Å². The van der Waals surface area contributed by atoms with Gasteiger partial charge in [0.15, 0.2) is 0 Å². The molecule has 0 bridgehead atoms. The zero-order chi connectivity index (χ0) is 11.4. The maximum absolute atomic E-state index is 13.4. The van der Waals surface area contributed by atoms with Crippen LogP contribution in [0.1, 0.15) is 5.56 Å². The van der Waals surface area contributed by atoms with Gasteiger partial charge in [0.2, 0.25) is 0 Å². The molecule has 0 saturated carbocycles. The van der Waals surface area contributed by atoms with Crippen LogP contribution in [0.15, 0.2) is 24.3 Å². The topological polar surface area (TPSA) is 29.5 Å². The minimum Gasteiger partial charge on any atom is -0.390 e. The van der Waals surface area contributed by atoms with Crippen LogP contribution in [0.2, 0.25) is 0 Å². The summed E-state index contributed by atoms with van der Waals surface area (Å²) in [7, 11) is 0. The van der Waals surface area contributed by atoms with Crippen LogP contribution in [0.25, 0.3) is 0 Å². The zero-order valence-electron chi connectivity index (χ0n) is 8.93. The van der Waals surface area contributed by atoms with E-state index in [2.05, 4.69) is 0 Å². The Morgan fingerprint density at radius 2 is 2.31 bits per heavy atom. The predicted molar refractivity (Wildman–Crippen MR) is 63.2 cm³/mol. The van der Waals surface area contributed by atoms with Gasteiger partial charge in [-0.3, -0.25) is 0 Å². The second-order valence-electron chi connectivity index (χ2n) is 3.85. The fraction of sp³-hybridized carbons (Fsp3) is 0.500. The van der Waals surface area contributed by atoms with Crippen LogP contribution >= 0.6 is 11.8 Å². The van der Waals surface area contributed by atoms with Crippen molar-refractivity contribution in [1.82, 2.24) is 0 Å². The third-order valence-electron chi connectivity index (χ3n) is 2.66. The summed E-state index contributed by atoms with van der Waals surface area (Å²) in [6, 6.07) is 6.55. The van der Waals surface area contributed by atoms with E-state index in [0.29, 0.717) is 18.6 Å². The molecule has 1 fully saturated rings. The highest BCUT2D eigenvalue weighted by Crippen LogP contribution is 2.18. The van der Waals surface area contributed by atoms with Crippen LogP contribution in [-0.2, 0) is 11.2 Å². The molecule has 1 aromatic rings. The van der Waals surface area contributed by atoms with Crippen molar-refractivity contribution in [1.29, 1.82) is 0 Å². The summed E-state index contributed by atoms with van der Waals surface area (Å²) < 4.78 is 18.8. The first-order valence-electron chi connectivity index (χ1n) is 5.38. The Morgan fingerprint density at radius 1 is 1.50 bits per heavy atom. The van der Waals surface area contributed by atoms with Gasteiger partial charge in [0.1, 0.15) is 5.82 Å². The molecule has 2 nitrogen and oxygen atoms in total. The molecule has 2 unspecified atom stereocenters. The van der Waals surface area contributed by atoms with E-state index in [1.807, 2.05) is 0 Å². The quantitative estimate of drug-likeness (QED) is 0.877. The van der Waals surface area contributed by atoms with Crippen molar-refractivity contribution < 1.29 is 14.2 Å². The highest BCUT2D eigenvalue weighted by molar-refractivity contribution is 7.99. The third-order valence-corrected chi connectivity index (χ3v) is 3.68. The molecule has 0 aromatic heterocycles. The SMILES string of the molecule is OC(Cc1ccccc1F)C1CSCCO1. The summed E-state index contributed by atoms with van der Waals surface area (Å²) >= 11 is 1.77. The standard InChI is InChI=1S/C12H15FO2S/c13-10-4-2-1-3-9(10)7-11(14)12-8-16-6-5-15-12/h1-4,11-12,14H,5-8H2. The highest BCUT2D eigenvalue weighted by Gasteiger charge is 2.23. The molecule has 88 valence electrons. The molecule has 1 aliphatic heterocycles. The van der Waals surface area contributed by atoms with Gasteiger partial charge in [-0.15, -0.1) is 0 Å². The van der Waals surface area contributed by atoms with E-state index in [-0.39, 0.29) is 11.9 Å². The lowest BCUT2D eigenvalue weighted by atomic mass is 10.0. The van der Waals surface area contributed by atoms with Crippen LogP contribution in [0.3, 0.4) is 0 Å². The molecule has 1 aromatic carbocycles. The second kappa shape index (κ2) is 5.66. The van der Waals surface area contributed by atoms with E-state index in [1.54, 1.807) is 30.0 Å². The Morgan fingerprint density at radius 3 is 3.00 bits per heavy atom. The number of thioether (sulfide) groups is 1. The van der Waals surface area contributed by atoms with Crippen molar-refractivity contribution in [2.24, 2.45) is 0 Å². The van der Waals surface area contributed by atoms with Crippen LogP contribution in [0.4, 0.5) is 4.39 Å². The minimum absolute atomic E-state index is 0.168. The van der Waals surface area contributed by atoms with Gasteiger partial charge < -0.3 is 9.84 Å². The fourth-order valence-corrected chi connectivity index (χ4v) is 2.68. The largest absolute Gasteiger partial charge is 0.390 e. The molecular formula is C12H15FO2S. The van der Waals surface area contributed by atoms with Gasteiger partial charge in [0.25, 0.3) is 0 Å². The molecule has 4 heteroatoms. The molecule has 2 rings (SSSR count). The molecule has 2 atom stereocenters. The summed E-state index contributed by atoms with van der Waals surface area (Å²) in [5, 5.41) is 9.95. The average molecular weight is 242 g/mol. The molecule has 1 aliphatic rings. The van der Waals surface area contributed by atoms with Crippen molar-refractivity contribution in [2.75, 3.05) is 18.1 Å². The number of benzene rings is 1. The van der Waals surface area contributed by atoms with Gasteiger partial charge in [-0.2, -0.15) is 11.8 Å². The Hall–Kier alpha value is -0.580. The van der Waals surface area contributed by atoms with Gasteiger partial charge in [-0.05, 0) is 11.6 Å². The lowest BCUT2D eigenvalue weighted by molar-refractivity contribution is -0.0210. The Balaban J connectivity index is 1.96. The molecule has 16 heavy (non-hydrogen) atoms. The second-order valence-corrected chi connectivity index (χ2v) is 5.00. The van der Waals surface area contributed by atoms with E-state index in [0.717, 1.165) is 11.5 Å². The molecule has 1 N–H and O–H groups in total. The predicted octanol–water partition coefficient (Wildman–Crippen LogP) is 1.86. The molecule has 0 amide bonds.